The molecule has 2 heterocycles. The van der Waals surface area contributed by atoms with Crippen LogP contribution in [-0.2, 0) is 9.59 Å². The lowest BCUT2D eigenvalue weighted by atomic mass is 9.79. The smallest absolute Gasteiger partial charge is 0.322 e. The minimum atomic E-state index is -0.884. The van der Waals surface area contributed by atoms with Crippen LogP contribution in [0.1, 0.15) is 26.2 Å². The Balaban J connectivity index is 1.44. The lowest BCUT2D eigenvalue weighted by molar-refractivity contribution is -0.133. The Morgan fingerprint density at radius 3 is 2.50 bits per heavy atom. The molecule has 0 saturated carbocycles. The molecule has 4 amide bonds. The number of nitrogens with zero attached hydrogens (tertiary/aromatic N) is 1. The predicted molar refractivity (Wildman–Crippen MR) is 96.1 cm³/mol. The van der Waals surface area contributed by atoms with Gasteiger partial charge < -0.3 is 10.2 Å². The van der Waals surface area contributed by atoms with Crippen LogP contribution in [0.5, 0.6) is 0 Å². The molecule has 1 unspecified atom stereocenters. The Morgan fingerprint density at radius 2 is 1.92 bits per heavy atom. The normalized spacial score (nSPS) is 23.7. The van der Waals surface area contributed by atoms with Gasteiger partial charge in [0.1, 0.15) is 11.4 Å². The van der Waals surface area contributed by atoms with E-state index in [4.69, 9.17) is 0 Å². The van der Waals surface area contributed by atoms with E-state index in [2.05, 4.69) is 10.6 Å². The van der Waals surface area contributed by atoms with Crippen LogP contribution >= 0.6 is 11.8 Å². The molecule has 0 bridgehead atoms. The number of thioether (sulfide) groups is 1. The van der Waals surface area contributed by atoms with Crippen LogP contribution in [-0.4, -0.2) is 47.1 Å². The van der Waals surface area contributed by atoms with Gasteiger partial charge in [-0.25, -0.2) is 9.18 Å². The fourth-order valence-electron chi connectivity index (χ4n) is 3.50. The van der Waals surface area contributed by atoms with Gasteiger partial charge in [0.05, 0.1) is 0 Å². The van der Waals surface area contributed by atoms with Crippen LogP contribution in [0, 0.1) is 11.7 Å². The summed E-state index contributed by atoms with van der Waals surface area (Å²) in [5.74, 6) is 0.187. The van der Waals surface area contributed by atoms with E-state index in [1.165, 1.54) is 23.9 Å². The average molecular weight is 379 g/mol. The Kier molecular flexibility index (Phi) is 5.50. The van der Waals surface area contributed by atoms with E-state index in [1.807, 2.05) is 4.90 Å². The monoisotopic (exact) mass is 379 g/mol. The molecule has 8 heteroatoms. The molecule has 0 aromatic heterocycles. The molecule has 0 radical (unpaired) electrons. The maximum Gasteiger partial charge on any atom is 0.322 e. The van der Waals surface area contributed by atoms with E-state index in [-0.39, 0.29) is 23.5 Å². The van der Waals surface area contributed by atoms with Crippen molar-refractivity contribution in [2.45, 2.75) is 36.6 Å². The van der Waals surface area contributed by atoms with E-state index >= 15 is 0 Å². The number of hydrogen-bond donors (Lipinski definition) is 2. The van der Waals surface area contributed by atoms with Gasteiger partial charge in [-0.1, -0.05) is 0 Å². The molecule has 0 spiro atoms. The van der Waals surface area contributed by atoms with Gasteiger partial charge >= 0.3 is 6.03 Å². The number of halogens is 1. The minimum Gasteiger partial charge on any atom is -0.343 e. The van der Waals surface area contributed by atoms with Crippen LogP contribution in [0.2, 0.25) is 0 Å². The maximum atomic E-state index is 12.9. The predicted octanol–water partition coefficient (Wildman–Crippen LogP) is 2.14. The van der Waals surface area contributed by atoms with Crippen LogP contribution in [0.3, 0.4) is 0 Å². The number of rotatable bonds is 5. The SMILES string of the molecule is CC1(C2CCN(C(=O)CCSc3ccc(F)cc3)CC2)NC(=O)NC1=O. The largest absolute Gasteiger partial charge is 0.343 e. The highest BCUT2D eigenvalue weighted by atomic mass is 32.2. The summed E-state index contributed by atoms with van der Waals surface area (Å²) >= 11 is 1.53. The molecular weight excluding hydrogens is 357 g/mol. The summed E-state index contributed by atoms with van der Waals surface area (Å²) in [5, 5.41) is 5.01. The van der Waals surface area contributed by atoms with Crippen LogP contribution in [0.15, 0.2) is 29.2 Å². The Morgan fingerprint density at radius 1 is 1.27 bits per heavy atom. The van der Waals surface area contributed by atoms with Crippen LogP contribution in [0.4, 0.5) is 9.18 Å². The molecule has 0 aliphatic carbocycles. The van der Waals surface area contributed by atoms with Crippen molar-refractivity contribution in [3.05, 3.63) is 30.1 Å². The minimum absolute atomic E-state index is 0.0200. The van der Waals surface area contributed by atoms with E-state index < -0.39 is 11.6 Å². The van der Waals surface area contributed by atoms with Crippen LogP contribution < -0.4 is 10.6 Å². The second kappa shape index (κ2) is 7.65. The number of likely N-dealkylation sites (tertiary alicyclic amines) is 1. The van der Waals surface area contributed by atoms with Gasteiger partial charge in [0.15, 0.2) is 0 Å². The van der Waals surface area contributed by atoms with Gasteiger partial charge in [-0.3, -0.25) is 14.9 Å². The molecule has 6 nitrogen and oxygen atoms in total. The third-order valence-electron chi connectivity index (χ3n) is 5.13. The summed E-state index contributed by atoms with van der Waals surface area (Å²) in [6.07, 6.45) is 1.78. The zero-order chi connectivity index (χ0) is 18.7. The third kappa shape index (κ3) is 4.00. The molecule has 1 aromatic rings. The first-order valence-electron chi connectivity index (χ1n) is 8.68. The van der Waals surface area contributed by atoms with Crippen molar-refractivity contribution in [3.63, 3.8) is 0 Å². The highest BCUT2D eigenvalue weighted by molar-refractivity contribution is 7.99. The maximum absolute atomic E-state index is 12.9. The van der Waals surface area contributed by atoms with Crippen LogP contribution in [0.25, 0.3) is 0 Å². The second-order valence-corrected chi connectivity index (χ2v) is 7.99. The van der Waals surface area contributed by atoms with Crippen molar-refractivity contribution in [2.75, 3.05) is 18.8 Å². The standard InChI is InChI=1S/C18H22FN3O3S/c1-18(16(24)20-17(25)21-18)12-6-9-22(10-7-12)15(23)8-11-26-14-4-2-13(19)3-5-14/h2-5,12H,6-11H2,1H3,(H2,20,21,24,25). The van der Waals surface area contributed by atoms with Gasteiger partial charge in [-0.05, 0) is 49.9 Å². The highest BCUT2D eigenvalue weighted by Crippen LogP contribution is 2.31. The Hall–Kier alpha value is -2.09. The number of nitrogens with one attached hydrogen (secondary N) is 2. The topological polar surface area (TPSA) is 78.5 Å². The first-order chi connectivity index (χ1) is 12.4. The molecule has 3 rings (SSSR count). The fourth-order valence-corrected chi connectivity index (χ4v) is 4.34. The molecule has 2 fully saturated rings. The zero-order valence-electron chi connectivity index (χ0n) is 14.6. The van der Waals surface area contributed by atoms with Gasteiger partial charge in [0, 0.05) is 30.2 Å². The molecular formula is C18H22FN3O3S. The Bertz CT molecular complexity index is 704. The summed E-state index contributed by atoms with van der Waals surface area (Å²) in [5.41, 5.74) is -0.884. The number of piperidine rings is 1. The molecule has 2 aliphatic rings. The van der Waals surface area contributed by atoms with Crippen molar-refractivity contribution < 1.29 is 18.8 Å². The van der Waals surface area contributed by atoms with Crippen molar-refractivity contribution in [1.82, 2.24) is 15.5 Å². The van der Waals surface area contributed by atoms with Crippen molar-refractivity contribution >= 4 is 29.6 Å². The van der Waals surface area contributed by atoms with Gasteiger partial charge in [-0.2, -0.15) is 0 Å². The number of urea groups is 1. The summed E-state index contributed by atoms with van der Waals surface area (Å²) in [4.78, 5) is 38.6. The molecule has 140 valence electrons. The van der Waals surface area contributed by atoms with E-state index in [0.29, 0.717) is 38.1 Å². The highest BCUT2D eigenvalue weighted by Gasteiger charge is 2.48. The third-order valence-corrected chi connectivity index (χ3v) is 6.15. The summed E-state index contributed by atoms with van der Waals surface area (Å²) in [7, 11) is 0. The summed E-state index contributed by atoms with van der Waals surface area (Å²) in [6, 6.07) is 5.78. The van der Waals surface area contributed by atoms with E-state index in [0.717, 1.165) is 4.90 Å². The molecule has 2 aliphatic heterocycles. The average Bonchev–Trinajstić information content (AvgIpc) is 2.89. The van der Waals surface area contributed by atoms with E-state index in [1.54, 1.807) is 19.1 Å². The first-order valence-corrected chi connectivity index (χ1v) is 9.67. The Labute approximate surface area is 155 Å². The number of carbonyl (C=O) groups is 3. The van der Waals surface area contributed by atoms with E-state index in [9.17, 15) is 18.8 Å². The number of amides is 4. The number of imide groups is 1. The van der Waals surface area contributed by atoms with Crippen molar-refractivity contribution in [2.24, 2.45) is 5.92 Å². The van der Waals surface area contributed by atoms with Gasteiger partial charge in [-0.15, -0.1) is 11.8 Å². The van der Waals surface area contributed by atoms with Gasteiger partial charge in [0.2, 0.25) is 5.91 Å². The lowest BCUT2D eigenvalue weighted by Crippen LogP contribution is -2.54. The van der Waals surface area contributed by atoms with Gasteiger partial charge in [0.25, 0.3) is 5.91 Å². The molecule has 1 aromatic carbocycles. The molecule has 26 heavy (non-hydrogen) atoms. The number of benzene rings is 1. The summed E-state index contributed by atoms with van der Waals surface area (Å²) in [6.45, 7) is 2.92. The lowest BCUT2D eigenvalue weighted by Gasteiger charge is -2.38. The molecule has 2 N–H and O–H groups in total. The summed E-state index contributed by atoms with van der Waals surface area (Å²) < 4.78 is 12.9. The number of hydrogen-bond acceptors (Lipinski definition) is 4. The number of carbonyl (C=O) groups excluding carboxylic acids is 3. The fraction of sp³-hybridized carbons (Fsp3) is 0.500. The quantitative estimate of drug-likeness (QED) is 0.607. The van der Waals surface area contributed by atoms with Crippen molar-refractivity contribution in [1.29, 1.82) is 0 Å². The van der Waals surface area contributed by atoms with Crippen molar-refractivity contribution in [3.8, 4) is 0 Å². The molecule has 1 atom stereocenters. The molecule has 2 saturated heterocycles. The zero-order valence-corrected chi connectivity index (χ0v) is 15.4. The second-order valence-electron chi connectivity index (χ2n) is 6.82. The first kappa shape index (κ1) is 18.7.